The molecule has 6 nitrogen and oxygen atoms in total. The minimum absolute atomic E-state index is 0.00585. The third kappa shape index (κ3) is 5.35. The van der Waals surface area contributed by atoms with Gasteiger partial charge in [-0.15, -0.1) is 0 Å². The highest BCUT2D eigenvalue weighted by Crippen LogP contribution is 2.31. The van der Waals surface area contributed by atoms with E-state index < -0.39 is 5.97 Å². The van der Waals surface area contributed by atoms with Crippen LogP contribution in [0.15, 0.2) is 84.0 Å². The molecule has 4 N–H and O–H groups in total. The van der Waals surface area contributed by atoms with Crippen molar-refractivity contribution in [2.45, 2.75) is 26.3 Å². The molecule has 0 amide bonds. The van der Waals surface area contributed by atoms with Gasteiger partial charge in [-0.05, 0) is 61.4 Å². The van der Waals surface area contributed by atoms with Crippen molar-refractivity contribution >= 4 is 28.8 Å². The Kier molecular flexibility index (Phi) is 6.78. The van der Waals surface area contributed by atoms with E-state index in [4.69, 9.17) is 15.6 Å². The largest absolute Gasteiger partial charge is 0.481 e. The normalized spacial score (nSPS) is 12.8. The molecule has 0 aliphatic rings. The van der Waals surface area contributed by atoms with Crippen molar-refractivity contribution < 1.29 is 14.6 Å². The van der Waals surface area contributed by atoms with Crippen molar-refractivity contribution in [3.05, 3.63) is 101 Å². The van der Waals surface area contributed by atoms with Gasteiger partial charge >= 0.3 is 5.97 Å². The number of aliphatic carboxylic acids is 1. The van der Waals surface area contributed by atoms with Gasteiger partial charge < -0.3 is 20.6 Å². The average molecular weight is 454 g/mol. The summed E-state index contributed by atoms with van der Waals surface area (Å²) in [6.45, 7) is 4.00. The Morgan fingerprint density at radius 1 is 1.15 bits per heavy atom. The highest BCUT2D eigenvalue weighted by molar-refractivity contribution is 5.85. The summed E-state index contributed by atoms with van der Waals surface area (Å²) in [6.07, 6.45) is 5.35. The Labute approximate surface area is 198 Å². The van der Waals surface area contributed by atoms with Crippen LogP contribution in [0.4, 0.5) is 0 Å². The minimum Gasteiger partial charge on any atom is -0.481 e. The molecular formula is C28H27N3O3. The quantitative estimate of drug-likeness (QED) is 0.284. The number of aliphatic imine (C=N–C) groups is 1. The summed E-state index contributed by atoms with van der Waals surface area (Å²) < 4.78 is 6.14. The van der Waals surface area contributed by atoms with Crippen LogP contribution in [-0.4, -0.2) is 22.3 Å². The third-order valence-corrected chi connectivity index (χ3v) is 5.70. The van der Waals surface area contributed by atoms with Gasteiger partial charge in [0.1, 0.15) is 11.5 Å². The van der Waals surface area contributed by atoms with E-state index in [1.807, 2.05) is 80.7 Å². The maximum absolute atomic E-state index is 11.0. The fourth-order valence-corrected chi connectivity index (χ4v) is 3.81. The number of allylic oxidation sites excluding steroid dienone is 1. The maximum Gasteiger partial charge on any atom is 0.307 e. The third-order valence-electron chi connectivity index (χ3n) is 5.70. The Morgan fingerprint density at radius 2 is 1.97 bits per heavy atom. The number of aromatic amines is 1. The van der Waals surface area contributed by atoms with E-state index in [-0.39, 0.29) is 12.5 Å². The molecule has 0 saturated carbocycles. The molecule has 0 bridgehead atoms. The van der Waals surface area contributed by atoms with Crippen molar-refractivity contribution in [3.63, 3.8) is 0 Å². The highest BCUT2D eigenvalue weighted by atomic mass is 16.5. The SMILES string of the molecule is Cc1c(Oc2cccc(/C(N)=C/C=NC(C)c3cccc(CC(=O)O)c3)c2)ccc2[nH]ccc12. The van der Waals surface area contributed by atoms with E-state index in [9.17, 15) is 4.79 Å². The number of carbonyl (C=O) groups is 1. The first-order chi connectivity index (χ1) is 16.4. The summed E-state index contributed by atoms with van der Waals surface area (Å²) in [5.74, 6) is 0.648. The Hall–Kier alpha value is -4.32. The molecule has 3 aromatic carbocycles. The van der Waals surface area contributed by atoms with Crippen LogP contribution in [0.5, 0.6) is 11.5 Å². The maximum atomic E-state index is 11.0. The van der Waals surface area contributed by atoms with Gasteiger partial charge in [0.25, 0.3) is 0 Å². The van der Waals surface area contributed by atoms with Crippen LogP contribution in [0, 0.1) is 6.92 Å². The number of benzene rings is 3. The van der Waals surface area contributed by atoms with Crippen molar-refractivity contribution in [1.29, 1.82) is 0 Å². The van der Waals surface area contributed by atoms with Gasteiger partial charge in [-0.1, -0.05) is 36.4 Å². The first-order valence-electron chi connectivity index (χ1n) is 11.1. The number of rotatable bonds is 8. The molecule has 4 aromatic rings. The van der Waals surface area contributed by atoms with Crippen LogP contribution in [0.25, 0.3) is 16.6 Å². The topological polar surface area (TPSA) is 101 Å². The summed E-state index contributed by atoms with van der Waals surface area (Å²) in [4.78, 5) is 18.7. The van der Waals surface area contributed by atoms with E-state index in [0.717, 1.165) is 38.9 Å². The molecule has 1 atom stereocenters. The Balaban J connectivity index is 1.46. The highest BCUT2D eigenvalue weighted by Gasteiger charge is 2.08. The second-order valence-electron chi connectivity index (χ2n) is 8.17. The molecule has 0 aliphatic carbocycles. The monoisotopic (exact) mass is 453 g/mol. The molecule has 0 aliphatic heterocycles. The van der Waals surface area contributed by atoms with E-state index >= 15 is 0 Å². The van der Waals surface area contributed by atoms with Gasteiger partial charge in [0.2, 0.25) is 0 Å². The number of hydrogen-bond acceptors (Lipinski definition) is 4. The molecular weight excluding hydrogens is 426 g/mol. The van der Waals surface area contributed by atoms with Gasteiger partial charge in [0.15, 0.2) is 0 Å². The van der Waals surface area contributed by atoms with Crippen LogP contribution >= 0.6 is 0 Å². The lowest BCUT2D eigenvalue weighted by Gasteiger charge is -2.11. The predicted molar refractivity (Wildman–Crippen MR) is 136 cm³/mol. The summed E-state index contributed by atoms with van der Waals surface area (Å²) >= 11 is 0. The standard InChI is InChI=1S/C28H27N3O3/c1-18-24-11-13-31-26(24)9-10-27(18)34-23-8-4-7-22(17-23)25(29)12-14-30-19(2)21-6-3-5-20(15-21)16-28(32)33/h3-15,17,19,31H,16,29H2,1-2H3,(H,32,33)/b25-12-,30-14?. The van der Waals surface area contributed by atoms with Crippen molar-refractivity contribution in [2.24, 2.45) is 10.7 Å². The van der Waals surface area contributed by atoms with Crippen molar-refractivity contribution in [3.8, 4) is 11.5 Å². The van der Waals surface area contributed by atoms with E-state index in [1.54, 1.807) is 18.4 Å². The Bertz CT molecular complexity index is 1380. The number of nitrogens with two attached hydrogens (primary N) is 1. The van der Waals surface area contributed by atoms with Crippen LogP contribution in [0.1, 0.15) is 35.2 Å². The number of aryl methyl sites for hydroxylation is 1. The van der Waals surface area contributed by atoms with Crippen molar-refractivity contribution in [2.75, 3.05) is 0 Å². The smallest absolute Gasteiger partial charge is 0.307 e. The van der Waals surface area contributed by atoms with E-state index in [0.29, 0.717) is 11.4 Å². The van der Waals surface area contributed by atoms with Crippen LogP contribution in [0.3, 0.4) is 0 Å². The molecule has 6 heteroatoms. The molecule has 34 heavy (non-hydrogen) atoms. The summed E-state index contributed by atoms with van der Waals surface area (Å²) in [5.41, 5.74) is 11.6. The number of nitrogens with zero attached hydrogens (tertiary/aromatic N) is 1. The summed E-state index contributed by atoms with van der Waals surface area (Å²) in [7, 11) is 0. The first kappa shape index (κ1) is 22.9. The zero-order valence-electron chi connectivity index (χ0n) is 19.2. The molecule has 172 valence electrons. The number of hydrogen-bond donors (Lipinski definition) is 3. The molecule has 1 aromatic heterocycles. The molecule has 1 heterocycles. The molecule has 0 radical (unpaired) electrons. The number of nitrogens with one attached hydrogen (secondary N) is 1. The first-order valence-corrected chi connectivity index (χ1v) is 11.1. The zero-order chi connectivity index (χ0) is 24.1. The van der Waals surface area contributed by atoms with Crippen LogP contribution in [0.2, 0.25) is 0 Å². The molecule has 0 spiro atoms. The Morgan fingerprint density at radius 3 is 2.79 bits per heavy atom. The van der Waals surface area contributed by atoms with Crippen molar-refractivity contribution in [1.82, 2.24) is 4.98 Å². The van der Waals surface area contributed by atoms with Gasteiger partial charge in [-0.2, -0.15) is 0 Å². The number of fused-ring (bicyclic) bond motifs is 1. The number of carboxylic acid groups (broad SMARTS) is 1. The van der Waals surface area contributed by atoms with E-state index in [1.165, 1.54) is 0 Å². The average Bonchev–Trinajstić information content (AvgIpc) is 3.30. The second kappa shape index (κ2) is 10.1. The van der Waals surface area contributed by atoms with E-state index in [2.05, 4.69) is 9.98 Å². The number of aromatic nitrogens is 1. The molecule has 0 saturated heterocycles. The van der Waals surface area contributed by atoms with Crippen LogP contribution in [-0.2, 0) is 11.2 Å². The fraction of sp³-hybridized carbons (Fsp3) is 0.143. The van der Waals surface area contributed by atoms with Gasteiger partial charge in [-0.25, -0.2) is 0 Å². The summed E-state index contributed by atoms with van der Waals surface area (Å²) in [5, 5.41) is 10.1. The summed E-state index contributed by atoms with van der Waals surface area (Å²) in [6, 6.07) is 21.0. The van der Waals surface area contributed by atoms with Crippen LogP contribution < -0.4 is 10.5 Å². The number of carboxylic acids is 1. The fourth-order valence-electron chi connectivity index (χ4n) is 3.81. The van der Waals surface area contributed by atoms with Gasteiger partial charge in [-0.3, -0.25) is 9.79 Å². The second-order valence-corrected chi connectivity index (χ2v) is 8.17. The number of H-pyrrole nitrogens is 1. The van der Waals surface area contributed by atoms with Gasteiger partial charge in [0, 0.05) is 40.1 Å². The molecule has 0 fully saturated rings. The van der Waals surface area contributed by atoms with Gasteiger partial charge in [0.05, 0.1) is 12.5 Å². The minimum atomic E-state index is -0.851. The number of ether oxygens (including phenoxy) is 1. The molecule has 1 unspecified atom stereocenters. The molecule has 4 rings (SSSR count). The predicted octanol–water partition coefficient (Wildman–Crippen LogP) is 6.03. The zero-order valence-corrected chi connectivity index (χ0v) is 19.2. The lowest BCUT2D eigenvalue weighted by Crippen LogP contribution is -2.01. The lowest BCUT2D eigenvalue weighted by atomic mass is 10.0. The lowest BCUT2D eigenvalue weighted by molar-refractivity contribution is -0.136.